The van der Waals surface area contributed by atoms with Crippen LogP contribution in [0.15, 0.2) is 17.2 Å². The summed E-state index contributed by atoms with van der Waals surface area (Å²) in [5, 5.41) is 6.48. The Balaban J connectivity index is 3.05. The van der Waals surface area contributed by atoms with Crippen LogP contribution >= 0.6 is 50.7 Å². The van der Waals surface area contributed by atoms with Crippen molar-refractivity contribution in [2.75, 3.05) is 5.43 Å². The lowest BCUT2D eigenvalue weighted by atomic mass is 10.3. The van der Waals surface area contributed by atoms with E-state index in [-0.39, 0.29) is 0 Å². The molecule has 6 heteroatoms. The molecule has 0 saturated carbocycles. The van der Waals surface area contributed by atoms with Gasteiger partial charge in [-0.3, -0.25) is 5.43 Å². The van der Waals surface area contributed by atoms with Gasteiger partial charge in [-0.25, -0.2) is 0 Å². The number of rotatable bonds is 2. The number of nitrogens with zero attached hydrogens (tertiary/aromatic N) is 1. The van der Waals surface area contributed by atoms with Crippen LogP contribution in [0.25, 0.3) is 0 Å². The fourth-order valence-electron chi connectivity index (χ4n) is 0.738. The molecule has 13 heavy (non-hydrogen) atoms. The highest BCUT2D eigenvalue weighted by Gasteiger charge is 2.05. The number of halogens is 4. The van der Waals surface area contributed by atoms with Crippen molar-refractivity contribution < 1.29 is 0 Å². The molecule has 0 radical (unpaired) electrons. The van der Waals surface area contributed by atoms with Crippen molar-refractivity contribution in [3.63, 3.8) is 0 Å². The minimum absolute atomic E-state index is 0.426. The van der Waals surface area contributed by atoms with E-state index in [1.165, 1.54) is 5.12 Å². The van der Waals surface area contributed by atoms with E-state index in [2.05, 4.69) is 26.5 Å². The molecule has 0 unspecified atom stereocenters. The fourth-order valence-corrected chi connectivity index (χ4v) is 1.74. The zero-order valence-corrected chi connectivity index (χ0v) is 10.0. The Morgan fingerprint density at radius 1 is 1.23 bits per heavy atom. The van der Waals surface area contributed by atoms with Gasteiger partial charge in [0.15, 0.2) is 0 Å². The average molecular weight is 302 g/mol. The Morgan fingerprint density at radius 2 is 1.77 bits per heavy atom. The molecule has 2 nitrogen and oxygen atoms in total. The molecule has 0 aromatic heterocycles. The molecule has 1 aromatic carbocycles. The average Bonchev–Trinajstić information content (AvgIpc) is 2.02. The predicted octanol–water partition coefficient (Wildman–Crippen LogP) is 4.40. The highest BCUT2D eigenvalue weighted by Crippen LogP contribution is 2.33. The van der Waals surface area contributed by atoms with Gasteiger partial charge < -0.3 is 0 Å². The van der Waals surface area contributed by atoms with Gasteiger partial charge in [-0.05, 0) is 28.1 Å². The number of anilines is 1. The van der Waals surface area contributed by atoms with Gasteiger partial charge in [0.25, 0.3) is 0 Å². The van der Waals surface area contributed by atoms with Gasteiger partial charge in [-0.1, -0.05) is 34.8 Å². The van der Waals surface area contributed by atoms with Gasteiger partial charge in [0, 0.05) is 5.02 Å². The Kier molecular flexibility index (Phi) is 4.32. The van der Waals surface area contributed by atoms with Crippen molar-refractivity contribution in [1.82, 2.24) is 0 Å². The second kappa shape index (κ2) is 5.05. The summed E-state index contributed by atoms with van der Waals surface area (Å²) in [6, 6.07) is 3.17. The van der Waals surface area contributed by atoms with Crippen LogP contribution in [0.4, 0.5) is 5.69 Å². The molecule has 70 valence electrons. The molecule has 0 fully saturated rings. The van der Waals surface area contributed by atoms with Gasteiger partial charge >= 0.3 is 0 Å². The van der Waals surface area contributed by atoms with E-state index in [0.717, 1.165) is 0 Å². The normalized spacial score (nSPS) is 10.8. The Hall–Kier alpha value is 0.0400. The summed E-state index contributed by atoms with van der Waals surface area (Å²) >= 11 is 20.4. The van der Waals surface area contributed by atoms with E-state index < -0.39 is 0 Å². The summed E-state index contributed by atoms with van der Waals surface area (Å²) in [6.07, 6.45) is 0. The van der Waals surface area contributed by atoms with E-state index in [1.807, 2.05) is 0 Å². The van der Waals surface area contributed by atoms with Gasteiger partial charge in [0.2, 0.25) is 0 Å². The minimum Gasteiger partial charge on any atom is -0.275 e. The highest BCUT2D eigenvalue weighted by molar-refractivity contribution is 9.17. The van der Waals surface area contributed by atoms with Gasteiger partial charge in [-0.2, -0.15) is 5.10 Å². The van der Waals surface area contributed by atoms with Gasteiger partial charge in [-0.15, -0.1) is 0 Å². The molecular weight excluding hydrogens is 298 g/mol. The summed E-state index contributed by atoms with van der Waals surface area (Å²) in [7, 11) is 0. The maximum Gasteiger partial charge on any atom is 0.0935 e. The van der Waals surface area contributed by atoms with Crippen LogP contribution in [0, 0.1) is 0 Å². The van der Waals surface area contributed by atoms with Crippen molar-refractivity contribution in [3.05, 3.63) is 27.2 Å². The summed E-state index contributed by atoms with van der Waals surface area (Å²) < 4.78 is 0. The molecule has 1 rings (SSSR count). The quantitative estimate of drug-likeness (QED) is 0.635. The Morgan fingerprint density at radius 3 is 2.23 bits per heavy atom. The van der Waals surface area contributed by atoms with Crippen LogP contribution in [0.5, 0.6) is 0 Å². The molecule has 0 amide bonds. The first kappa shape index (κ1) is 11.1. The second-order valence-corrected chi connectivity index (χ2v) is 3.74. The molecule has 0 heterocycles. The topological polar surface area (TPSA) is 24.4 Å². The Bertz CT molecular complexity index is 318. The molecule has 1 aromatic rings. The van der Waals surface area contributed by atoms with Crippen LogP contribution in [0.1, 0.15) is 0 Å². The largest absolute Gasteiger partial charge is 0.275 e. The van der Waals surface area contributed by atoms with Gasteiger partial charge in [0.1, 0.15) is 0 Å². The zero-order chi connectivity index (χ0) is 9.84. The monoisotopic (exact) mass is 300 g/mol. The molecule has 0 aliphatic heterocycles. The third-order valence-corrected chi connectivity index (χ3v) is 2.25. The fraction of sp³-hybridized carbons (Fsp3) is 0. The molecule has 0 aliphatic carbocycles. The summed E-state index contributed by atoms with van der Waals surface area (Å²) in [5.41, 5.74) is 3.19. The molecule has 0 saturated heterocycles. The molecule has 0 atom stereocenters. The van der Waals surface area contributed by atoms with E-state index in [9.17, 15) is 0 Å². The van der Waals surface area contributed by atoms with Crippen LogP contribution in [0.2, 0.25) is 15.1 Å². The summed E-state index contributed by atoms with van der Waals surface area (Å²) in [4.78, 5) is 0. The van der Waals surface area contributed by atoms with Crippen LogP contribution in [0.3, 0.4) is 0 Å². The highest BCUT2D eigenvalue weighted by atomic mass is 79.9. The van der Waals surface area contributed by atoms with Crippen molar-refractivity contribution in [3.8, 4) is 0 Å². The maximum atomic E-state index is 5.85. The van der Waals surface area contributed by atoms with Gasteiger partial charge in [0.05, 0.1) is 20.9 Å². The number of hydrogen-bond acceptors (Lipinski definition) is 2. The SMILES string of the molecule is Clc1cc(Cl)c(N/N=C/Br)c(Cl)c1. The number of benzene rings is 1. The molecule has 0 aliphatic rings. The third kappa shape index (κ3) is 3.02. The lowest BCUT2D eigenvalue weighted by molar-refractivity contribution is 1.36. The molecule has 0 spiro atoms. The molecular formula is C7H4BrCl3N2. The standard InChI is InChI=1S/C7H4BrCl3N2/c8-3-12-13-7-5(10)1-4(9)2-6(7)11/h1-3,13H/b12-3+. The van der Waals surface area contributed by atoms with E-state index in [1.54, 1.807) is 12.1 Å². The van der Waals surface area contributed by atoms with Crippen LogP contribution in [-0.2, 0) is 0 Å². The third-order valence-electron chi connectivity index (χ3n) is 1.23. The smallest absolute Gasteiger partial charge is 0.0935 e. The van der Waals surface area contributed by atoms with Crippen LogP contribution in [-0.4, -0.2) is 5.12 Å². The molecule has 0 bridgehead atoms. The number of hydrogen-bond donors (Lipinski definition) is 1. The summed E-state index contributed by atoms with van der Waals surface area (Å²) in [5.74, 6) is 0. The lowest BCUT2D eigenvalue weighted by Gasteiger charge is -2.05. The molecule has 1 N–H and O–H groups in total. The van der Waals surface area contributed by atoms with Crippen molar-refractivity contribution in [2.45, 2.75) is 0 Å². The maximum absolute atomic E-state index is 5.85. The second-order valence-electron chi connectivity index (χ2n) is 2.08. The van der Waals surface area contributed by atoms with Crippen molar-refractivity contribution in [2.24, 2.45) is 5.10 Å². The van der Waals surface area contributed by atoms with E-state index in [4.69, 9.17) is 34.8 Å². The number of nitrogens with one attached hydrogen (secondary N) is 1. The number of hydrazone groups is 1. The minimum atomic E-state index is 0.426. The first-order chi connectivity index (χ1) is 6.15. The zero-order valence-electron chi connectivity index (χ0n) is 6.19. The van der Waals surface area contributed by atoms with Crippen LogP contribution < -0.4 is 5.43 Å². The van der Waals surface area contributed by atoms with Crippen molar-refractivity contribution in [1.29, 1.82) is 0 Å². The lowest BCUT2D eigenvalue weighted by Crippen LogP contribution is -1.89. The van der Waals surface area contributed by atoms with E-state index in [0.29, 0.717) is 20.8 Å². The first-order valence-electron chi connectivity index (χ1n) is 3.17. The predicted molar refractivity (Wildman–Crippen MR) is 62.5 cm³/mol. The van der Waals surface area contributed by atoms with E-state index >= 15 is 0 Å². The first-order valence-corrected chi connectivity index (χ1v) is 5.22. The van der Waals surface area contributed by atoms with Crippen molar-refractivity contribution >= 4 is 61.5 Å². The summed E-state index contributed by atoms with van der Waals surface area (Å²) in [6.45, 7) is 0. The Labute approximate surface area is 99.0 Å².